The Morgan fingerprint density at radius 2 is 1.79 bits per heavy atom. The zero-order valence-electron chi connectivity index (χ0n) is 16.4. The van der Waals surface area contributed by atoms with Crippen LogP contribution in [0.2, 0.25) is 0 Å². The van der Waals surface area contributed by atoms with Crippen LogP contribution < -0.4 is 10.6 Å². The lowest BCUT2D eigenvalue weighted by Crippen LogP contribution is -2.37. The van der Waals surface area contributed by atoms with Gasteiger partial charge in [-0.25, -0.2) is 12.8 Å². The van der Waals surface area contributed by atoms with Gasteiger partial charge in [0.2, 0.25) is 0 Å². The van der Waals surface area contributed by atoms with Crippen molar-refractivity contribution in [3.63, 3.8) is 0 Å². The summed E-state index contributed by atoms with van der Waals surface area (Å²) in [5.74, 6) is 0.376. The molecule has 1 heterocycles. The molecule has 0 amide bonds. The number of rotatable bonds is 9. The molecule has 0 aliphatic heterocycles. The second kappa shape index (κ2) is 10.5. The second-order valence-corrected chi connectivity index (χ2v) is 9.37. The van der Waals surface area contributed by atoms with E-state index in [2.05, 4.69) is 15.6 Å². The number of sulfonamides is 1. The molecule has 0 atom stereocenters. The van der Waals surface area contributed by atoms with Gasteiger partial charge in [-0.15, -0.1) is 11.3 Å². The largest absolute Gasteiger partial charge is 0.356 e. The minimum absolute atomic E-state index is 0.260. The molecule has 0 aliphatic rings. The van der Waals surface area contributed by atoms with Gasteiger partial charge >= 0.3 is 0 Å². The van der Waals surface area contributed by atoms with Crippen LogP contribution in [0.25, 0.3) is 0 Å². The van der Waals surface area contributed by atoms with Gasteiger partial charge in [-0.2, -0.15) is 4.31 Å². The highest BCUT2D eigenvalue weighted by molar-refractivity contribution is 7.91. The van der Waals surface area contributed by atoms with Gasteiger partial charge in [-0.05, 0) is 36.2 Å². The molecule has 9 heteroatoms. The van der Waals surface area contributed by atoms with Crippen LogP contribution >= 0.6 is 11.3 Å². The predicted octanol–water partition coefficient (Wildman–Crippen LogP) is 2.83. The minimum Gasteiger partial charge on any atom is -0.356 e. The maximum Gasteiger partial charge on any atom is 0.252 e. The Kier molecular flexibility index (Phi) is 8.40. The predicted molar refractivity (Wildman–Crippen MR) is 113 cm³/mol. The number of nitrogens with zero attached hydrogens (tertiary/aromatic N) is 2. The standard InChI is InChI=1S/C19H27FN4O2S2/c1-4-24(5-2)28(25,26)18-11-10-17(27-18)12-13-22-19(21-3)23-14-15-6-8-16(20)9-7-15/h6-11H,4-5,12-14H2,1-3H3,(H2,21,22,23). The van der Waals surface area contributed by atoms with E-state index in [0.717, 1.165) is 10.4 Å². The molecule has 2 rings (SSSR count). The molecule has 0 bridgehead atoms. The maximum atomic E-state index is 12.9. The first-order chi connectivity index (χ1) is 13.4. The molecule has 28 heavy (non-hydrogen) atoms. The molecule has 0 spiro atoms. The topological polar surface area (TPSA) is 73.8 Å². The van der Waals surface area contributed by atoms with Gasteiger partial charge in [0.25, 0.3) is 10.0 Å². The summed E-state index contributed by atoms with van der Waals surface area (Å²) >= 11 is 1.30. The number of halogens is 1. The third kappa shape index (κ3) is 6.02. The lowest BCUT2D eigenvalue weighted by atomic mass is 10.2. The van der Waals surface area contributed by atoms with Crippen molar-refractivity contribution in [3.05, 3.63) is 52.7 Å². The fourth-order valence-corrected chi connectivity index (χ4v) is 5.60. The van der Waals surface area contributed by atoms with Crippen LogP contribution in [0.5, 0.6) is 0 Å². The Hall–Kier alpha value is -1.97. The van der Waals surface area contributed by atoms with Gasteiger partial charge in [-0.3, -0.25) is 4.99 Å². The minimum atomic E-state index is -3.40. The van der Waals surface area contributed by atoms with E-state index >= 15 is 0 Å². The van der Waals surface area contributed by atoms with Crippen LogP contribution in [-0.4, -0.2) is 45.4 Å². The summed E-state index contributed by atoms with van der Waals surface area (Å²) < 4.78 is 39.9. The third-order valence-electron chi connectivity index (χ3n) is 4.20. The molecular formula is C19H27FN4O2S2. The summed E-state index contributed by atoms with van der Waals surface area (Å²) in [5.41, 5.74) is 0.953. The molecule has 0 unspecified atom stereocenters. The lowest BCUT2D eigenvalue weighted by molar-refractivity contribution is 0.447. The van der Waals surface area contributed by atoms with Crippen LogP contribution in [-0.2, 0) is 23.0 Å². The summed E-state index contributed by atoms with van der Waals surface area (Å²) in [6, 6.07) is 9.83. The molecule has 0 saturated heterocycles. The molecule has 1 aromatic heterocycles. The van der Waals surface area contributed by atoms with Gasteiger partial charge in [0.1, 0.15) is 10.0 Å². The number of hydrogen-bond acceptors (Lipinski definition) is 4. The van der Waals surface area contributed by atoms with E-state index in [1.165, 1.54) is 27.8 Å². The van der Waals surface area contributed by atoms with E-state index in [9.17, 15) is 12.8 Å². The van der Waals surface area contributed by atoms with Crippen molar-refractivity contribution in [2.24, 2.45) is 4.99 Å². The van der Waals surface area contributed by atoms with Crippen molar-refractivity contribution >= 4 is 27.3 Å². The number of thiophene rings is 1. The van der Waals surface area contributed by atoms with Crippen molar-refractivity contribution in [2.75, 3.05) is 26.7 Å². The van der Waals surface area contributed by atoms with Crippen LogP contribution in [0.4, 0.5) is 4.39 Å². The molecule has 0 saturated carbocycles. The zero-order chi connectivity index (χ0) is 20.6. The number of aliphatic imine (C=N–C) groups is 1. The monoisotopic (exact) mass is 426 g/mol. The fraction of sp³-hybridized carbons (Fsp3) is 0.421. The van der Waals surface area contributed by atoms with E-state index in [-0.39, 0.29) is 5.82 Å². The summed E-state index contributed by atoms with van der Waals surface area (Å²) in [5, 5.41) is 6.37. The van der Waals surface area contributed by atoms with E-state index < -0.39 is 10.0 Å². The molecule has 0 aliphatic carbocycles. The Morgan fingerprint density at radius 1 is 1.11 bits per heavy atom. The van der Waals surface area contributed by atoms with Crippen molar-refractivity contribution < 1.29 is 12.8 Å². The average Bonchev–Trinajstić information content (AvgIpc) is 3.16. The first-order valence-electron chi connectivity index (χ1n) is 9.18. The third-order valence-corrected chi connectivity index (χ3v) is 7.86. The quantitative estimate of drug-likeness (QED) is 0.478. The Bertz CT molecular complexity index is 876. The number of nitrogens with one attached hydrogen (secondary N) is 2. The van der Waals surface area contributed by atoms with Crippen LogP contribution in [0.15, 0.2) is 45.6 Å². The SMILES string of the molecule is CCN(CC)S(=O)(=O)c1ccc(CCNC(=NC)NCc2ccc(F)cc2)s1. The van der Waals surface area contributed by atoms with Crippen molar-refractivity contribution in [1.82, 2.24) is 14.9 Å². The second-order valence-electron chi connectivity index (χ2n) is 6.04. The van der Waals surface area contributed by atoms with Gasteiger partial charge in [0.05, 0.1) is 0 Å². The van der Waals surface area contributed by atoms with E-state index in [0.29, 0.717) is 42.8 Å². The molecule has 154 valence electrons. The zero-order valence-corrected chi connectivity index (χ0v) is 18.0. The summed E-state index contributed by atoms with van der Waals surface area (Å²) in [6.07, 6.45) is 0.690. The summed E-state index contributed by atoms with van der Waals surface area (Å²) in [4.78, 5) is 5.16. The van der Waals surface area contributed by atoms with Gasteiger partial charge in [-0.1, -0.05) is 26.0 Å². The van der Waals surface area contributed by atoms with Crippen molar-refractivity contribution in [3.8, 4) is 0 Å². The Morgan fingerprint density at radius 3 is 2.39 bits per heavy atom. The fourth-order valence-electron chi connectivity index (χ4n) is 2.63. The van der Waals surface area contributed by atoms with E-state index in [1.54, 1.807) is 25.2 Å². The molecule has 2 aromatic rings. The van der Waals surface area contributed by atoms with E-state index in [1.807, 2.05) is 19.9 Å². The van der Waals surface area contributed by atoms with Crippen molar-refractivity contribution in [1.29, 1.82) is 0 Å². The van der Waals surface area contributed by atoms with Gasteiger partial charge in [0, 0.05) is 38.1 Å². The molecular weight excluding hydrogens is 399 g/mol. The van der Waals surface area contributed by atoms with Gasteiger partial charge in [0.15, 0.2) is 5.96 Å². The molecule has 1 aromatic carbocycles. The normalized spacial score (nSPS) is 12.4. The molecule has 6 nitrogen and oxygen atoms in total. The number of guanidine groups is 1. The molecule has 0 fully saturated rings. The Labute approximate surface area is 170 Å². The van der Waals surface area contributed by atoms with Crippen LogP contribution in [0.1, 0.15) is 24.3 Å². The number of hydrogen-bond donors (Lipinski definition) is 2. The lowest BCUT2D eigenvalue weighted by Gasteiger charge is -2.16. The highest BCUT2D eigenvalue weighted by Gasteiger charge is 2.23. The maximum absolute atomic E-state index is 12.9. The van der Waals surface area contributed by atoms with Crippen molar-refractivity contribution in [2.45, 2.75) is 31.0 Å². The first kappa shape index (κ1) is 22.3. The highest BCUT2D eigenvalue weighted by Crippen LogP contribution is 2.25. The highest BCUT2D eigenvalue weighted by atomic mass is 32.2. The first-order valence-corrected chi connectivity index (χ1v) is 11.4. The Balaban J connectivity index is 1.85. The van der Waals surface area contributed by atoms with Crippen LogP contribution in [0.3, 0.4) is 0 Å². The van der Waals surface area contributed by atoms with Gasteiger partial charge < -0.3 is 10.6 Å². The summed E-state index contributed by atoms with van der Waals surface area (Å²) in [6.45, 7) is 5.75. The smallest absolute Gasteiger partial charge is 0.252 e. The number of benzene rings is 1. The molecule has 2 N–H and O–H groups in total. The molecule has 0 radical (unpaired) electrons. The average molecular weight is 427 g/mol. The van der Waals surface area contributed by atoms with Crippen LogP contribution in [0, 0.1) is 5.82 Å². The van der Waals surface area contributed by atoms with E-state index in [4.69, 9.17) is 0 Å². The summed E-state index contributed by atoms with van der Waals surface area (Å²) in [7, 11) is -1.72.